The first-order valence-electron chi connectivity index (χ1n) is 9.22. The molecule has 168 valence electrons. The van der Waals surface area contributed by atoms with Gasteiger partial charge in [0.25, 0.3) is 23.2 Å². The summed E-state index contributed by atoms with van der Waals surface area (Å²) in [7, 11) is 0. The largest absolute Gasteiger partial charge is 0.348 e. The predicted molar refractivity (Wildman–Crippen MR) is 122 cm³/mol. The summed E-state index contributed by atoms with van der Waals surface area (Å²) in [6.45, 7) is -0.0104. The van der Waals surface area contributed by atoms with Gasteiger partial charge < -0.3 is 10.6 Å². The molecule has 0 fully saturated rings. The van der Waals surface area contributed by atoms with Gasteiger partial charge >= 0.3 is 0 Å². The maximum absolute atomic E-state index is 12.6. The number of benzene rings is 3. The molecule has 0 aromatic heterocycles. The van der Waals surface area contributed by atoms with Crippen LogP contribution >= 0.6 is 23.2 Å². The van der Waals surface area contributed by atoms with Gasteiger partial charge in [-0.05, 0) is 42.0 Å². The summed E-state index contributed by atoms with van der Waals surface area (Å²) >= 11 is 11.7. The Labute approximate surface area is 196 Å². The molecule has 3 rings (SSSR count). The van der Waals surface area contributed by atoms with Gasteiger partial charge in [-0.2, -0.15) is 0 Å². The third-order valence-corrected chi connectivity index (χ3v) is 4.91. The van der Waals surface area contributed by atoms with E-state index in [1.54, 1.807) is 24.3 Å². The van der Waals surface area contributed by atoms with Gasteiger partial charge in [0.15, 0.2) is 0 Å². The van der Waals surface area contributed by atoms with Crippen molar-refractivity contribution >= 4 is 52.1 Å². The zero-order valence-electron chi connectivity index (χ0n) is 16.6. The lowest BCUT2D eigenvalue weighted by atomic mass is 10.1. The second-order valence-corrected chi connectivity index (χ2v) is 7.55. The molecule has 0 heterocycles. The van der Waals surface area contributed by atoms with Crippen LogP contribution in [0.1, 0.15) is 26.3 Å². The zero-order valence-corrected chi connectivity index (χ0v) is 18.1. The molecule has 0 aliphatic heterocycles. The number of nitrogens with one attached hydrogen (secondary N) is 2. The fraction of sp³-hybridized carbons (Fsp3) is 0.0476. The Morgan fingerprint density at radius 1 is 0.788 bits per heavy atom. The molecule has 0 aliphatic rings. The van der Waals surface area contributed by atoms with Crippen LogP contribution in [-0.4, -0.2) is 21.7 Å². The highest BCUT2D eigenvalue weighted by Gasteiger charge is 2.22. The van der Waals surface area contributed by atoms with Gasteiger partial charge in [0.2, 0.25) is 0 Å². The molecule has 0 unspecified atom stereocenters. The molecule has 2 amide bonds. The van der Waals surface area contributed by atoms with Crippen molar-refractivity contribution in [2.75, 3.05) is 5.32 Å². The molecule has 0 saturated carbocycles. The number of carbonyl (C=O) groups is 2. The fourth-order valence-corrected chi connectivity index (χ4v) is 3.28. The maximum Gasteiger partial charge on any atom is 0.282 e. The van der Waals surface area contributed by atoms with Crippen LogP contribution < -0.4 is 10.6 Å². The molecule has 33 heavy (non-hydrogen) atoms. The second-order valence-electron chi connectivity index (χ2n) is 6.67. The third kappa shape index (κ3) is 5.82. The molecule has 0 bridgehead atoms. The van der Waals surface area contributed by atoms with E-state index in [1.165, 1.54) is 24.3 Å². The van der Waals surface area contributed by atoms with Crippen LogP contribution in [0.3, 0.4) is 0 Å². The van der Waals surface area contributed by atoms with Crippen molar-refractivity contribution < 1.29 is 19.4 Å². The Kier molecular flexibility index (Phi) is 7.21. The van der Waals surface area contributed by atoms with E-state index in [1.807, 2.05) is 0 Å². The Bertz CT molecular complexity index is 1280. The number of nitrogens with zero attached hydrogens (tertiary/aromatic N) is 2. The summed E-state index contributed by atoms with van der Waals surface area (Å²) < 4.78 is 0. The average Bonchev–Trinajstić information content (AvgIpc) is 2.77. The van der Waals surface area contributed by atoms with Gasteiger partial charge in [-0.25, -0.2) is 0 Å². The third-order valence-electron chi connectivity index (χ3n) is 4.44. The van der Waals surface area contributed by atoms with Crippen LogP contribution in [0.4, 0.5) is 17.1 Å². The van der Waals surface area contributed by atoms with Crippen LogP contribution in [0, 0.1) is 20.2 Å². The van der Waals surface area contributed by atoms with E-state index in [2.05, 4.69) is 10.6 Å². The summed E-state index contributed by atoms with van der Waals surface area (Å²) in [5, 5.41) is 27.8. The number of halogens is 2. The Hall–Kier alpha value is -4.02. The van der Waals surface area contributed by atoms with Gasteiger partial charge in [0.1, 0.15) is 11.1 Å². The van der Waals surface area contributed by atoms with E-state index in [0.29, 0.717) is 11.3 Å². The van der Waals surface area contributed by atoms with Crippen molar-refractivity contribution in [3.63, 3.8) is 0 Å². The first-order chi connectivity index (χ1) is 15.7. The summed E-state index contributed by atoms with van der Waals surface area (Å²) in [4.78, 5) is 46.0. The van der Waals surface area contributed by atoms with Gasteiger partial charge in [-0.15, -0.1) is 0 Å². The monoisotopic (exact) mass is 488 g/mol. The molecule has 12 heteroatoms. The van der Waals surface area contributed by atoms with Gasteiger partial charge in [0, 0.05) is 34.4 Å². The molecule has 3 aromatic rings. The predicted octanol–water partition coefficient (Wildman–Crippen LogP) is 4.99. The van der Waals surface area contributed by atoms with Crippen LogP contribution in [0.5, 0.6) is 0 Å². The number of amides is 2. The van der Waals surface area contributed by atoms with Crippen molar-refractivity contribution in [3.8, 4) is 0 Å². The first-order valence-corrected chi connectivity index (χ1v) is 9.97. The van der Waals surface area contributed by atoms with Crippen molar-refractivity contribution in [2.45, 2.75) is 6.54 Å². The van der Waals surface area contributed by atoms with Crippen LogP contribution in [0.25, 0.3) is 0 Å². The number of hydrogen-bond donors (Lipinski definition) is 2. The first kappa shape index (κ1) is 23.6. The Balaban J connectivity index is 1.74. The number of nitro groups is 2. The van der Waals surface area contributed by atoms with E-state index in [9.17, 15) is 29.8 Å². The number of nitro benzene ring substituents is 2. The second kappa shape index (κ2) is 10.1. The summed E-state index contributed by atoms with van der Waals surface area (Å²) in [6, 6.07) is 13.6. The quantitative estimate of drug-likeness (QED) is 0.353. The van der Waals surface area contributed by atoms with Gasteiger partial charge in [-0.1, -0.05) is 35.3 Å². The van der Waals surface area contributed by atoms with Gasteiger partial charge in [0.05, 0.1) is 9.85 Å². The van der Waals surface area contributed by atoms with E-state index < -0.39 is 27.3 Å². The standard InChI is InChI=1S/C21H14Cl2N4O6/c22-13-4-6-18(26(30)31)16(9-13)20(28)24-11-12-2-1-3-15(8-12)25-21(29)17-10-14(23)5-7-19(17)27(32)33/h1-10H,11H2,(H,24,28)(H,25,29). The normalized spacial score (nSPS) is 10.4. The summed E-state index contributed by atoms with van der Waals surface area (Å²) in [5.74, 6) is -1.44. The fourth-order valence-electron chi connectivity index (χ4n) is 2.93. The number of anilines is 1. The Morgan fingerprint density at radius 2 is 1.33 bits per heavy atom. The molecule has 0 atom stereocenters. The molecule has 0 aliphatic carbocycles. The summed E-state index contributed by atoms with van der Waals surface area (Å²) in [5.41, 5.74) is -0.310. The molecular formula is C21H14Cl2N4O6. The lowest BCUT2D eigenvalue weighted by molar-refractivity contribution is -0.385. The Morgan fingerprint density at radius 3 is 1.88 bits per heavy atom. The molecule has 10 nitrogen and oxygen atoms in total. The lowest BCUT2D eigenvalue weighted by Gasteiger charge is -2.10. The molecule has 0 saturated heterocycles. The van der Waals surface area contributed by atoms with E-state index in [-0.39, 0.29) is 33.4 Å². The number of rotatable bonds is 7. The van der Waals surface area contributed by atoms with Crippen LogP contribution in [0.2, 0.25) is 10.0 Å². The molecule has 3 aromatic carbocycles. The number of hydrogen-bond acceptors (Lipinski definition) is 6. The molecular weight excluding hydrogens is 475 g/mol. The highest BCUT2D eigenvalue weighted by molar-refractivity contribution is 6.31. The topological polar surface area (TPSA) is 144 Å². The highest BCUT2D eigenvalue weighted by atomic mass is 35.5. The SMILES string of the molecule is O=C(NCc1cccc(NC(=O)c2cc(Cl)ccc2[N+](=O)[O-])c1)c1cc(Cl)ccc1[N+](=O)[O-]. The lowest BCUT2D eigenvalue weighted by Crippen LogP contribution is -2.23. The van der Waals surface area contributed by atoms with Crippen molar-refractivity contribution in [3.05, 3.63) is 108 Å². The van der Waals surface area contributed by atoms with Crippen LogP contribution in [0.15, 0.2) is 60.7 Å². The van der Waals surface area contributed by atoms with Crippen molar-refractivity contribution in [1.29, 1.82) is 0 Å². The minimum Gasteiger partial charge on any atom is -0.348 e. The average molecular weight is 489 g/mol. The zero-order chi connectivity index (χ0) is 24.1. The molecule has 0 radical (unpaired) electrons. The minimum atomic E-state index is -0.736. The van der Waals surface area contributed by atoms with Crippen LogP contribution in [-0.2, 0) is 6.54 Å². The van der Waals surface area contributed by atoms with Crippen molar-refractivity contribution in [1.82, 2.24) is 5.32 Å². The van der Waals surface area contributed by atoms with E-state index >= 15 is 0 Å². The highest BCUT2D eigenvalue weighted by Crippen LogP contribution is 2.25. The van der Waals surface area contributed by atoms with Crippen molar-refractivity contribution in [2.24, 2.45) is 0 Å². The minimum absolute atomic E-state index is 0.0104. The smallest absolute Gasteiger partial charge is 0.282 e. The van der Waals surface area contributed by atoms with Gasteiger partial charge in [-0.3, -0.25) is 29.8 Å². The van der Waals surface area contributed by atoms with E-state index in [0.717, 1.165) is 12.1 Å². The number of carbonyl (C=O) groups excluding carboxylic acids is 2. The molecule has 2 N–H and O–H groups in total. The summed E-state index contributed by atoms with van der Waals surface area (Å²) in [6.07, 6.45) is 0. The maximum atomic E-state index is 12.6. The van der Waals surface area contributed by atoms with E-state index in [4.69, 9.17) is 23.2 Å². The molecule has 0 spiro atoms.